The van der Waals surface area contributed by atoms with Crippen LogP contribution in [0.15, 0.2) is 30.3 Å². The van der Waals surface area contributed by atoms with E-state index < -0.39 is 9.84 Å². The Morgan fingerprint density at radius 3 is 2.72 bits per heavy atom. The highest BCUT2D eigenvalue weighted by Crippen LogP contribution is 2.58. The monoisotopic (exact) mass is 265 g/mol. The lowest BCUT2D eigenvalue weighted by molar-refractivity contribution is 0.279. The Bertz CT molecular complexity index is 540. The van der Waals surface area contributed by atoms with Crippen molar-refractivity contribution in [1.82, 2.24) is 4.90 Å². The van der Waals surface area contributed by atoms with Crippen molar-refractivity contribution in [2.75, 3.05) is 25.1 Å². The predicted octanol–water partition coefficient (Wildman–Crippen LogP) is 1.55. The van der Waals surface area contributed by atoms with Crippen molar-refractivity contribution in [3.63, 3.8) is 0 Å². The van der Waals surface area contributed by atoms with Crippen LogP contribution in [0.5, 0.6) is 0 Å². The number of hydrogen-bond donors (Lipinski definition) is 0. The molecule has 0 radical (unpaired) electrons. The van der Waals surface area contributed by atoms with E-state index in [9.17, 15) is 8.42 Å². The number of rotatable bonds is 4. The third-order valence-corrected chi connectivity index (χ3v) is 5.27. The molecule has 1 aromatic rings. The zero-order valence-corrected chi connectivity index (χ0v) is 11.5. The maximum absolute atomic E-state index is 11.5. The molecule has 0 aromatic heterocycles. The summed E-state index contributed by atoms with van der Waals surface area (Å²) >= 11 is 0. The zero-order chi connectivity index (χ0) is 12.8. The van der Waals surface area contributed by atoms with Crippen LogP contribution in [0, 0.1) is 11.3 Å². The van der Waals surface area contributed by atoms with Gasteiger partial charge in [-0.05, 0) is 17.9 Å². The molecular formula is C14H19NO2S. The van der Waals surface area contributed by atoms with Gasteiger partial charge in [-0.1, -0.05) is 30.3 Å². The Morgan fingerprint density at radius 1 is 1.33 bits per heavy atom. The normalized spacial score (nSPS) is 31.3. The summed E-state index contributed by atoms with van der Waals surface area (Å²) in [4.78, 5) is 2.40. The lowest BCUT2D eigenvalue weighted by atomic mass is 10.1. The maximum Gasteiger partial charge on any atom is 0.148 e. The average Bonchev–Trinajstić information content (AvgIpc) is 2.78. The summed E-state index contributed by atoms with van der Waals surface area (Å²) in [5, 5.41) is 0. The third-order valence-electron chi connectivity index (χ3n) is 4.17. The van der Waals surface area contributed by atoms with E-state index in [1.54, 1.807) is 0 Å². The second-order valence-electron chi connectivity index (χ2n) is 5.99. The number of nitrogens with zero attached hydrogens (tertiary/aromatic N) is 1. The van der Waals surface area contributed by atoms with Gasteiger partial charge in [0.2, 0.25) is 0 Å². The third kappa shape index (κ3) is 2.45. The Hall–Kier alpha value is -0.870. The fraction of sp³-hybridized carbons (Fsp3) is 0.571. The van der Waals surface area contributed by atoms with Gasteiger partial charge in [-0.25, -0.2) is 8.42 Å². The van der Waals surface area contributed by atoms with Crippen molar-refractivity contribution in [2.45, 2.75) is 13.0 Å². The van der Waals surface area contributed by atoms with E-state index in [2.05, 4.69) is 29.2 Å². The second-order valence-corrected chi connectivity index (χ2v) is 8.13. The van der Waals surface area contributed by atoms with Crippen LogP contribution in [0.1, 0.15) is 12.0 Å². The van der Waals surface area contributed by atoms with Gasteiger partial charge in [0, 0.05) is 31.3 Å². The van der Waals surface area contributed by atoms with Crippen molar-refractivity contribution < 1.29 is 8.42 Å². The van der Waals surface area contributed by atoms with Crippen molar-refractivity contribution >= 4 is 9.84 Å². The highest BCUT2D eigenvalue weighted by atomic mass is 32.2. The summed E-state index contributed by atoms with van der Waals surface area (Å²) in [5.74, 6) is 0.978. The Labute approximate surface area is 109 Å². The second kappa shape index (κ2) is 4.07. The van der Waals surface area contributed by atoms with Crippen molar-refractivity contribution in [3.8, 4) is 0 Å². The SMILES string of the molecule is CS(=O)(=O)CC12CC1CN(Cc1ccccc1)C2. The van der Waals surface area contributed by atoms with Gasteiger partial charge in [0.15, 0.2) is 0 Å². The van der Waals surface area contributed by atoms with Gasteiger partial charge in [-0.15, -0.1) is 0 Å². The molecule has 0 spiro atoms. The largest absolute Gasteiger partial charge is 0.298 e. The molecule has 1 heterocycles. The van der Waals surface area contributed by atoms with Crippen LogP contribution in [0.4, 0.5) is 0 Å². The minimum atomic E-state index is -2.85. The highest BCUT2D eigenvalue weighted by Gasteiger charge is 2.60. The Kier molecular flexibility index (Phi) is 2.75. The van der Waals surface area contributed by atoms with Crippen molar-refractivity contribution in [3.05, 3.63) is 35.9 Å². The molecule has 0 N–H and O–H groups in total. The molecule has 2 aliphatic rings. The van der Waals surface area contributed by atoms with E-state index in [4.69, 9.17) is 0 Å². The van der Waals surface area contributed by atoms with Crippen LogP contribution in [0.25, 0.3) is 0 Å². The first-order valence-electron chi connectivity index (χ1n) is 6.41. The number of sulfone groups is 1. The van der Waals surface area contributed by atoms with Gasteiger partial charge < -0.3 is 0 Å². The summed E-state index contributed by atoms with van der Waals surface area (Å²) in [6, 6.07) is 10.4. The summed E-state index contributed by atoms with van der Waals surface area (Å²) < 4.78 is 22.9. The van der Waals surface area contributed by atoms with Crippen LogP contribution < -0.4 is 0 Å². The molecular weight excluding hydrogens is 246 g/mol. The maximum atomic E-state index is 11.5. The molecule has 1 saturated carbocycles. The zero-order valence-electron chi connectivity index (χ0n) is 10.7. The van der Waals surface area contributed by atoms with Crippen LogP contribution in [0.3, 0.4) is 0 Å². The summed E-state index contributed by atoms with van der Waals surface area (Å²) in [6.45, 7) is 2.95. The van der Waals surface area contributed by atoms with Gasteiger partial charge in [0.05, 0.1) is 5.75 Å². The number of hydrogen-bond acceptors (Lipinski definition) is 3. The molecule has 98 valence electrons. The lowest BCUT2D eigenvalue weighted by Crippen LogP contribution is -2.27. The molecule has 4 heteroatoms. The topological polar surface area (TPSA) is 37.4 Å². The molecule has 1 saturated heterocycles. The molecule has 0 bridgehead atoms. The van der Waals surface area contributed by atoms with E-state index in [-0.39, 0.29) is 5.41 Å². The highest BCUT2D eigenvalue weighted by molar-refractivity contribution is 7.90. The minimum absolute atomic E-state index is 0.0857. The van der Waals surface area contributed by atoms with E-state index in [1.807, 2.05) is 6.07 Å². The first kappa shape index (κ1) is 12.2. The van der Waals surface area contributed by atoms with Crippen LogP contribution in [-0.4, -0.2) is 38.4 Å². The van der Waals surface area contributed by atoms with Gasteiger partial charge in [0.25, 0.3) is 0 Å². The minimum Gasteiger partial charge on any atom is -0.298 e. The smallest absolute Gasteiger partial charge is 0.148 e. The molecule has 3 rings (SSSR count). The van der Waals surface area contributed by atoms with Gasteiger partial charge >= 0.3 is 0 Å². The quantitative estimate of drug-likeness (QED) is 0.829. The van der Waals surface area contributed by atoms with E-state index in [0.717, 1.165) is 26.1 Å². The standard InChI is InChI=1S/C14H19NO2S/c1-18(16,17)11-14-7-13(14)9-15(10-14)8-12-5-3-2-4-6-12/h2-6,13H,7-11H2,1H3. The average molecular weight is 265 g/mol. The lowest BCUT2D eigenvalue weighted by Gasteiger charge is -2.20. The molecule has 3 nitrogen and oxygen atoms in total. The van der Waals surface area contributed by atoms with Crippen LogP contribution in [0.2, 0.25) is 0 Å². The van der Waals surface area contributed by atoms with Crippen molar-refractivity contribution in [2.24, 2.45) is 11.3 Å². The fourth-order valence-electron chi connectivity index (χ4n) is 3.41. The first-order chi connectivity index (χ1) is 8.47. The summed E-state index contributed by atoms with van der Waals surface area (Å²) in [5.41, 5.74) is 1.40. The predicted molar refractivity (Wildman–Crippen MR) is 72.0 cm³/mol. The molecule has 2 unspecified atom stereocenters. The number of piperidine rings is 1. The Morgan fingerprint density at radius 2 is 2.06 bits per heavy atom. The molecule has 1 aliphatic heterocycles. The molecule has 18 heavy (non-hydrogen) atoms. The molecule has 2 atom stereocenters. The molecule has 1 aromatic carbocycles. The number of benzene rings is 1. The van der Waals surface area contributed by atoms with E-state index in [0.29, 0.717) is 11.7 Å². The number of fused-ring (bicyclic) bond motifs is 1. The number of likely N-dealkylation sites (tertiary alicyclic amines) is 1. The van der Waals surface area contributed by atoms with E-state index >= 15 is 0 Å². The fourth-order valence-corrected chi connectivity index (χ4v) is 4.90. The molecule has 2 fully saturated rings. The summed E-state index contributed by atoms with van der Waals surface area (Å²) in [7, 11) is -2.85. The first-order valence-corrected chi connectivity index (χ1v) is 8.47. The van der Waals surface area contributed by atoms with Gasteiger partial charge in [0.1, 0.15) is 9.84 Å². The molecule has 1 aliphatic carbocycles. The van der Waals surface area contributed by atoms with E-state index in [1.165, 1.54) is 11.8 Å². The van der Waals surface area contributed by atoms with Gasteiger partial charge in [-0.2, -0.15) is 0 Å². The molecule has 0 amide bonds. The van der Waals surface area contributed by atoms with Crippen LogP contribution >= 0.6 is 0 Å². The summed E-state index contributed by atoms with van der Waals surface area (Å²) in [6.07, 6.45) is 2.46. The Balaban J connectivity index is 1.64. The van der Waals surface area contributed by atoms with Gasteiger partial charge in [-0.3, -0.25) is 4.90 Å². The van der Waals surface area contributed by atoms with Crippen molar-refractivity contribution in [1.29, 1.82) is 0 Å². The van der Waals surface area contributed by atoms with Crippen LogP contribution in [-0.2, 0) is 16.4 Å².